The maximum absolute atomic E-state index is 11.8. The molecule has 0 bridgehead atoms. The van der Waals surface area contributed by atoms with Crippen LogP contribution in [-0.2, 0) is 4.74 Å². The molecule has 1 aromatic rings. The molecule has 1 rings (SSSR count). The third-order valence-electron chi connectivity index (χ3n) is 3.58. The van der Waals surface area contributed by atoms with Gasteiger partial charge in [-0.05, 0) is 32.4 Å². The Morgan fingerprint density at radius 1 is 1.44 bits per heavy atom. The molecule has 0 aliphatic carbocycles. The molecule has 4 heteroatoms. The van der Waals surface area contributed by atoms with E-state index in [0.717, 1.165) is 12.1 Å². The third kappa shape index (κ3) is 2.58. The smallest absolute Gasteiger partial charge is 0.340 e. The van der Waals surface area contributed by atoms with E-state index in [2.05, 4.69) is 20.8 Å². The van der Waals surface area contributed by atoms with E-state index >= 15 is 0 Å². The Hall–Kier alpha value is -1.71. The highest BCUT2D eigenvalue weighted by Crippen LogP contribution is 2.33. The second kappa shape index (κ2) is 5.29. The molecule has 0 spiro atoms. The molecular weight excluding hydrogens is 228 g/mol. The number of nitrogens with zero attached hydrogens (tertiary/aromatic N) is 1. The highest BCUT2D eigenvalue weighted by atomic mass is 16.5. The summed E-state index contributed by atoms with van der Waals surface area (Å²) in [5.74, 6) is -0.365. The average molecular weight is 250 g/mol. The first-order valence-corrected chi connectivity index (χ1v) is 6.05. The molecule has 0 atom stereocenters. The van der Waals surface area contributed by atoms with Crippen molar-refractivity contribution in [3.8, 4) is 0 Å². The summed E-state index contributed by atoms with van der Waals surface area (Å²) in [5, 5.41) is 0. The SMILES string of the molecule is CCC(C)(C)N(C)c1c(N)cccc1C(=O)OC. The van der Waals surface area contributed by atoms with Gasteiger partial charge < -0.3 is 15.4 Å². The van der Waals surface area contributed by atoms with Gasteiger partial charge in [-0.15, -0.1) is 0 Å². The Balaban J connectivity index is 3.34. The zero-order valence-electron chi connectivity index (χ0n) is 11.8. The number of para-hydroxylation sites is 1. The molecule has 1 aromatic carbocycles. The number of rotatable bonds is 4. The number of carbonyl (C=O) groups is 1. The lowest BCUT2D eigenvalue weighted by Crippen LogP contribution is -2.41. The molecule has 0 unspecified atom stereocenters. The van der Waals surface area contributed by atoms with E-state index < -0.39 is 0 Å². The van der Waals surface area contributed by atoms with Crippen LogP contribution in [0, 0.1) is 0 Å². The summed E-state index contributed by atoms with van der Waals surface area (Å²) in [7, 11) is 3.32. The van der Waals surface area contributed by atoms with E-state index in [-0.39, 0.29) is 11.5 Å². The average Bonchev–Trinajstić information content (AvgIpc) is 2.36. The molecule has 0 amide bonds. The van der Waals surface area contributed by atoms with Crippen molar-refractivity contribution >= 4 is 17.3 Å². The molecule has 4 nitrogen and oxygen atoms in total. The van der Waals surface area contributed by atoms with Crippen LogP contribution in [0.2, 0.25) is 0 Å². The quantitative estimate of drug-likeness (QED) is 0.659. The standard InChI is InChI=1S/C14H22N2O2/c1-6-14(2,3)16(4)12-10(13(17)18-5)8-7-9-11(12)15/h7-9H,6,15H2,1-5H3. The number of nitrogens with two attached hydrogens (primary N) is 1. The molecule has 0 fully saturated rings. The van der Waals surface area contributed by atoms with Crippen LogP contribution in [0.25, 0.3) is 0 Å². The summed E-state index contributed by atoms with van der Waals surface area (Å²) in [5.41, 5.74) is 7.75. The Morgan fingerprint density at radius 3 is 2.56 bits per heavy atom. The molecule has 2 N–H and O–H groups in total. The van der Waals surface area contributed by atoms with Gasteiger partial charge in [-0.25, -0.2) is 4.79 Å². The van der Waals surface area contributed by atoms with Crippen LogP contribution in [0.4, 0.5) is 11.4 Å². The first-order chi connectivity index (χ1) is 8.35. The fraction of sp³-hybridized carbons (Fsp3) is 0.500. The second-order valence-corrected chi connectivity index (χ2v) is 4.96. The molecule has 0 aromatic heterocycles. The minimum Gasteiger partial charge on any atom is -0.465 e. The number of carbonyl (C=O) groups excluding carboxylic acids is 1. The van der Waals surface area contributed by atoms with Crippen molar-refractivity contribution < 1.29 is 9.53 Å². The van der Waals surface area contributed by atoms with E-state index in [4.69, 9.17) is 10.5 Å². The van der Waals surface area contributed by atoms with Gasteiger partial charge in [0.2, 0.25) is 0 Å². The van der Waals surface area contributed by atoms with Crippen LogP contribution in [0.3, 0.4) is 0 Å². The number of ether oxygens (including phenoxy) is 1. The van der Waals surface area contributed by atoms with Gasteiger partial charge in [-0.2, -0.15) is 0 Å². The largest absolute Gasteiger partial charge is 0.465 e. The highest BCUT2D eigenvalue weighted by Gasteiger charge is 2.27. The van der Waals surface area contributed by atoms with Gasteiger partial charge in [-0.3, -0.25) is 0 Å². The van der Waals surface area contributed by atoms with Crippen molar-refractivity contribution in [2.24, 2.45) is 0 Å². The lowest BCUT2D eigenvalue weighted by molar-refractivity contribution is 0.0601. The van der Waals surface area contributed by atoms with E-state index in [1.54, 1.807) is 18.2 Å². The lowest BCUT2D eigenvalue weighted by Gasteiger charge is -2.38. The number of hydrogen-bond donors (Lipinski definition) is 1. The van der Waals surface area contributed by atoms with E-state index in [1.165, 1.54) is 7.11 Å². The molecule has 0 saturated carbocycles. The Morgan fingerprint density at radius 2 is 2.06 bits per heavy atom. The zero-order chi connectivity index (χ0) is 13.9. The molecule has 0 aliphatic rings. The predicted octanol–water partition coefficient (Wildman–Crippen LogP) is 2.68. The molecule has 0 saturated heterocycles. The van der Waals surface area contributed by atoms with Gasteiger partial charge in [0.25, 0.3) is 0 Å². The van der Waals surface area contributed by atoms with Gasteiger partial charge in [0, 0.05) is 12.6 Å². The zero-order valence-corrected chi connectivity index (χ0v) is 11.8. The van der Waals surface area contributed by atoms with Gasteiger partial charge in [0.15, 0.2) is 0 Å². The monoisotopic (exact) mass is 250 g/mol. The van der Waals surface area contributed by atoms with Gasteiger partial charge in [0.05, 0.1) is 24.0 Å². The van der Waals surface area contributed by atoms with Crippen LogP contribution < -0.4 is 10.6 Å². The third-order valence-corrected chi connectivity index (χ3v) is 3.58. The van der Waals surface area contributed by atoms with Gasteiger partial charge >= 0.3 is 5.97 Å². The van der Waals surface area contributed by atoms with Crippen LogP contribution in [0.5, 0.6) is 0 Å². The topological polar surface area (TPSA) is 55.6 Å². The molecule has 0 heterocycles. The van der Waals surface area contributed by atoms with Crippen molar-refractivity contribution in [1.29, 1.82) is 0 Å². The summed E-state index contributed by atoms with van der Waals surface area (Å²) in [6.07, 6.45) is 0.943. The molecule has 0 radical (unpaired) electrons. The minimum absolute atomic E-state index is 0.0851. The van der Waals surface area contributed by atoms with Crippen LogP contribution >= 0.6 is 0 Å². The summed E-state index contributed by atoms with van der Waals surface area (Å²) >= 11 is 0. The van der Waals surface area contributed by atoms with E-state index in [9.17, 15) is 4.79 Å². The Labute approximate surface area is 109 Å². The number of methoxy groups -OCH3 is 1. The highest BCUT2D eigenvalue weighted by molar-refractivity contribution is 5.99. The Bertz CT molecular complexity index is 441. The van der Waals surface area contributed by atoms with Gasteiger partial charge in [-0.1, -0.05) is 13.0 Å². The maximum atomic E-state index is 11.8. The molecular formula is C14H22N2O2. The summed E-state index contributed by atoms with van der Waals surface area (Å²) < 4.78 is 4.81. The lowest BCUT2D eigenvalue weighted by atomic mass is 9.97. The first-order valence-electron chi connectivity index (χ1n) is 6.05. The maximum Gasteiger partial charge on any atom is 0.340 e. The first kappa shape index (κ1) is 14.4. The normalized spacial score (nSPS) is 11.2. The van der Waals surface area contributed by atoms with E-state index in [1.807, 2.05) is 11.9 Å². The van der Waals surface area contributed by atoms with Crippen molar-refractivity contribution in [2.75, 3.05) is 24.8 Å². The summed E-state index contributed by atoms with van der Waals surface area (Å²) in [6, 6.07) is 5.29. The predicted molar refractivity (Wildman–Crippen MR) is 75.0 cm³/mol. The fourth-order valence-electron chi connectivity index (χ4n) is 1.75. The van der Waals surface area contributed by atoms with Crippen LogP contribution in [0.1, 0.15) is 37.6 Å². The van der Waals surface area contributed by atoms with Crippen LogP contribution in [0.15, 0.2) is 18.2 Å². The summed E-state index contributed by atoms with van der Waals surface area (Å²) in [6.45, 7) is 6.33. The second-order valence-electron chi connectivity index (χ2n) is 4.96. The number of nitrogen functional groups attached to an aromatic ring is 1. The molecule has 100 valence electrons. The number of anilines is 2. The minimum atomic E-state index is -0.365. The van der Waals surface area contributed by atoms with Gasteiger partial charge in [0.1, 0.15) is 0 Å². The van der Waals surface area contributed by atoms with Crippen LogP contribution in [-0.4, -0.2) is 25.7 Å². The number of hydrogen-bond acceptors (Lipinski definition) is 4. The fourth-order valence-corrected chi connectivity index (χ4v) is 1.75. The summed E-state index contributed by atoms with van der Waals surface area (Å²) in [4.78, 5) is 13.8. The van der Waals surface area contributed by atoms with E-state index in [0.29, 0.717) is 11.3 Å². The van der Waals surface area contributed by atoms with Crippen molar-refractivity contribution in [1.82, 2.24) is 0 Å². The molecule has 0 aliphatic heterocycles. The van der Waals surface area contributed by atoms with Crippen molar-refractivity contribution in [3.63, 3.8) is 0 Å². The van der Waals surface area contributed by atoms with Crippen molar-refractivity contribution in [2.45, 2.75) is 32.7 Å². The Kier molecular flexibility index (Phi) is 4.22. The number of benzene rings is 1. The number of esters is 1. The molecule has 18 heavy (non-hydrogen) atoms. The van der Waals surface area contributed by atoms with Crippen molar-refractivity contribution in [3.05, 3.63) is 23.8 Å².